The molecule has 0 spiro atoms. The number of rotatable bonds is 5. The number of hydrogen-bond acceptors (Lipinski definition) is 5. The standard InChI is InChI=1S/C19H25NO5S/c1-26(23,24)12-25-16-4-2-15(3-5-16)17(21)20-18-7-13-6-14(8-18)10-19(22,9-13)11-18/h2-5,13-14,22H,6-12H2,1H3,(H,20,21)/t13-,14+,18?,19?. The van der Waals surface area contributed by atoms with Gasteiger partial charge in [0.15, 0.2) is 15.8 Å². The van der Waals surface area contributed by atoms with Crippen LogP contribution in [-0.4, -0.2) is 42.8 Å². The molecule has 4 atom stereocenters. The minimum absolute atomic E-state index is 0.148. The van der Waals surface area contributed by atoms with E-state index in [9.17, 15) is 18.3 Å². The van der Waals surface area contributed by atoms with Crippen LogP contribution in [0.25, 0.3) is 0 Å². The van der Waals surface area contributed by atoms with E-state index in [0.717, 1.165) is 31.9 Å². The fourth-order valence-corrected chi connectivity index (χ4v) is 5.90. The molecule has 0 saturated heterocycles. The summed E-state index contributed by atoms with van der Waals surface area (Å²) >= 11 is 0. The van der Waals surface area contributed by atoms with Crippen LogP contribution in [0, 0.1) is 11.8 Å². The predicted octanol–water partition coefficient (Wildman–Crippen LogP) is 1.88. The van der Waals surface area contributed by atoms with Crippen LogP contribution in [-0.2, 0) is 9.84 Å². The molecule has 4 aliphatic rings. The zero-order valence-corrected chi connectivity index (χ0v) is 15.7. The van der Waals surface area contributed by atoms with Crippen LogP contribution in [0.1, 0.15) is 48.9 Å². The highest BCUT2D eigenvalue weighted by Crippen LogP contribution is 2.57. The van der Waals surface area contributed by atoms with Gasteiger partial charge in [-0.15, -0.1) is 0 Å². The molecule has 0 radical (unpaired) electrons. The first-order valence-electron chi connectivity index (χ1n) is 9.09. The number of carbonyl (C=O) groups excluding carboxylic acids is 1. The Morgan fingerprint density at radius 3 is 2.35 bits per heavy atom. The second kappa shape index (κ2) is 5.96. The molecule has 0 aliphatic heterocycles. The Balaban J connectivity index is 1.44. The molecule has 1 aromatic carbocycles. The SMILES string of the molecule is CS(=O)(=O)COc1ccc(C(=O)NC23C[C@@H]4C[C@@H](CC(O)(C4)C2)C3)cc1. The topological polar surface area (TPSA) is 92.7 Å². The number of carbonyl (C=O) groups is 1. The van der Waals surface area contributed by atoms with Gasteiger partial charge in [-0.25, -0.2) is 8.42 Å². The summed E-state index contributed by atoms with van der Waals surface area (Å²) in [6.07, 6.45) is 6.57. The summed E-state index contributed by atoms with van der Waals surface area (Å²) in [5.74, 6) is 0.895. The predicted molar refractivity (Wildman–Crippen MR) is 96.6 cm³/mol. The lowest BCUT2D eigenvalue weighted by Gasteiger charge is -2.60. The molecule has 4 bridgehead atoms. The van der Waals surface area contributed by atoms with E-state index in [1.54, 1.807) is 24.3 Å². The van der Waals surface area contributed by atoms with Crippen molar-refractivity contribution >= 4 is 15.7 Å². The van der Waals surface area contributed by atoms with Gasteiger partial charge in [0.2, 0.25) is 0 Å². The maximum Gasteiger partial charge on any atom is 0.251 e. The third kappa shape index (κ3) is 3.60. The smallest absolute Gasteiger partial charge is 0.251 e. The van der Waals surface area contributed by atoms with Crippen LogP contribution in [0.5, 0.6) is 5.75 Å². The lowest BCUT2D eigenvalue weighted by molar-refractivity contribution is -0.139. The maximum atomic E-state index is 12.7. The molecule has 7 heteroatoms. The molecule has 5 rings (SSSR count). The number of hydrogen-bond donors (Lipinski definition) is 2. The molecule has 4 fully saturated rings. The van der Waals surface area contributed by atoms with Gasteiger partial charge in [-0.2, -0.15) is 0 Å². The van der Waals surface area contributed by atoms with Crippen LogP contribution in [0.3, 0.4) is 0 Å². The Kier molecular flexibility index (Phi) is 4.08. The Bertz CT molecular complexity index is 803. The van der Waals surface area contributed by atoms with Crippen molar-refractivity contribution in [3.8, 4) is 5.75 Å². The summed E-state index contributed by atoms with van der Waals surface area (Å²) < 4.78 is 27.5. The van der Waals surface area contributed by atoms with Crippen molar-refractivity contribution in [3.63, 3.8) is 0 Å². The number of benzene rings is 1. The van der Waals surface area contributed by atoms with Crippen LogP contribution in [0.4, 0.5) is 0 Å². The summed E-state index contributed by atoms with van der Waals surface area (Å²) in [5, 5.41) is 14.0. The molecule has 2 N–H and O–H groups in total. The first-order valence-corrected chi connectivity index (χ1v) is 11.2. The highest BCUT2D eigenvalue weighted by molar-refractivity contribution is 7.90. The van der Waals surface area contributed by atoms with Gasteiger partial charge in [-0.05, 0) is 74.6 Å². The van der Waals surface area contributed by atoms with Crippen LogP contribution < -0.4 is 10.1 Å². The summed E-state index contributed by atoms with van der Waals surface area (Å²) in [6, 6.07) is 6.49. The molecule has 4 saturated carbocycles. The first kappa shape index (κ1) is 17.8. The maximum absolute atomic E-state index is 12.7. The van der Waals surface area contributed by atoms with Gasteiger partial charge >= 0.3 is 0 Å². The normalized spacial score (nSPS) is 35.3. The van der Waals surface area contributed by atoms with Crippen molar-refractivity contribution < 1.29 is 23.1 Å². The average molecular weight is 379 g/mol. The van der Waals surface area contributed by atoms with Gasteiger partial charge in [0.1, 0.15) is 5.75 Å². The Morgan fingerprint density at radius 2 is 1.81 bits per heavy atom. The molecule has 6 nitrogen and oxygen atoms in total. The third-order valence-electron chi connectivity index (χ3n) is 5.97. The van der Waals surface area contributed by atoms with Crippen molar-refractivity contribution in [1.82, 2.24) is 5.32 Å². The molecule has 0 aromatic heterocycles. The number of sulfone groups is 1. The zero-order valence-electron chi connectivity index (χ0n) is 14.9. The van der Waals surface area contributed by atoms with Crippen molar-refractivity contribution in [2.75, 3.05) is 12.2 Å². The van der Waals surface area contributed by atoms with E-state index in [1.807, 2.05) is 0 Å². The zero-order chi connectivity index (χ0) is 18.6. The number of amides is 1. The minimum Gasteiger partial charge on any atom is -0.478 e. The quantitative estimate of drug-likeness (QED) is 0.815. The van der Waals surface area contributed by atoms with Gasteiger partial charge in [-0.3, -0.25) is 4.79 Å². The second-order valence-corrected chi connectivity index (χ2v) is 10.7. The van der Waals surface area contributed by atoms with Gasteiger partial charge in [0.05, 0.1) is 5.60 Å². The van der Waals surface area contributed by atoms with Gasteiger partial charge in [0, 0.05) is 17.4 Å². The van der Waals surface area contributed by atoms with E-state index in [1.165, 1.54) is 6.42 Å². The molecule has 1 aromatic rings. The van der Waals surface area contributed by atoms with E-state index in [2.05, 4.69) is 5.32 Å². The van der Waals surface area contributed by atoms with Crippen LogP contribution in [0.15, 0.2) is 24.3 Å². The van der Waals surface area contributed by atoms with E-state index < -0.39 is 15.4 Å². The molecule has 142 valence electrons. The van der Waals surface area contributed by atoms with E-state index in [0.29, 0.717) is 29.6 Å². The Hall–Kier alpha value is -1.60. The van der Waals surface area contributed by atoms with Gasteiger partial charge < -0.3 is 15.2 Å². The Labute approximate surface area is 153 Å². The molecule has 4 aliphatic carbocycles. The van der Waals surface area contributed by atoms with Crippen LogP contribution >= 0.6 is 0 Å². The summed E-state index contributed by atoms with van der Waals surface area (Å²) in [6.45, 7) is 0. The minimum atomic E-state index is -3.21. The molecule has 2 unspecified atom stereocenters. The highest BCUT2D eigenvalue weighted by atomic mass is 32.2. The molecule has 1 amide bonds. The van der Waals surface area contributed by atoms with Crippen molar-refractivity contribution in [1.29, 1.82) is 0 Å². The van der Waals surface area contributed by atoms with E-state index in [4.69, 9.17) is 4.74 Å². The highest BCUT2D eigenvalue weighted by Gasteiger charge is 2.57. The molecule has 0 heterocycles. The molecule has 26 heavy (non-hydrogen) atoms. The van der Waals surface area contributed by atoms with Crippen molar-refractivity contribution in [2.24, 2.45) is 11.8 Å². The van der Waals surface area contributed by atoms with E-state index in [-0.39, 0.29) is 17.4 Å². The summed E-state index contributed by atoms with van der Waals surface area (Å²) in [5.41, 5.74) is -0.387. The monoisotopic (exact) mass is 379 g/mol. The average Bonchev–Trinajstić information content (AvgIpc) is 2.50. The van der Waals surface area contributed by atoms with Crippen LogP contribution in [0.2, 0.25) is 0 Å². The van der Waals surface area contributed by atoms with E-state index >= 15 is 0 Å². The Morgan fingerprint density at radius 1 is 1.19 bits per heavy atom. The number of nitrogens with one attached hydrogen (secondary N) is 1. The number of ether oxygens (including phenoxy) is 1. The fourth-order valence-electron chi connectivity index (χ4n) is 5.55. The molecular weight excluding hydrogens is 354 g/mol. The summed E-state index contributed by atoms with van der Waals surface area (Å²) in [7, 11) is -3.21. The fraction of sp³-hybridized carbons (Fsp3) is 0.632. The largest absolute Gasteiger partial charge is 0.478 e. The van der Waals surface area contributed by atoms with Gasteiger partial charge in [0.25, 0.3) is 5.91 Å². The van der Waals surface area contributed by atoms with Crippen molar-refractivity contribution in [2.45, 2.75) is 49.7 Å². The third-order valence-corrected chi connectivity index (χ3v) is 6.51. The summed E-state index contributed by atoms with van der Waals surface area (Å²) in [4.78, 5) is 12.7. The second-order valence-electron chi connectivity index (χ2n) is 8.63. The number of aliphatic hydroxyl groups is 1. The van der Waals surface area contributed by atoms with Gasteiger partial charge in [-0.1, -0.05) is 0 Å². The van der Waals surface area contributed by atoms with Crippen molar-refractivity contribution in [3.05, 3.63) is 29.8 Å². The lowest BCUT2D eigenvalue weighted by atomic mass is 9.51. The molecular formula is C19H25NO5S. The lowest BCUT2D eigenvalue weighted by Crippen LogP contribution is -2.65. The first-order chi connectivity index (χ1) is 12.1.